The lowest BCUT2D eigenvalue weighted by atomic mass is 9.75. The van der Waals surface area contributed by atoms with Crippen LogP contribution < -0.4 is 10.6 Å². The van der Waals surface area contributed by atoms with E-state index in [1.54, 1.807) is 7.05 Å². The van der Waals surface area contributed by atoms with Gasteiger partial charge in [0.25, 0.3) is 0 Å². The molecule has 0 spiro atoms. The summed E-state index contributed by atoms with van der Waals surface area (Å²) in [5, 5.41) is 27.1. The Hall–Kier alpha value is -1.89. The average Bonchev–Trinajstić information content (AvgIpc) is 2.58. The van der Waals surface area contributed by atoms with Crippen LogP contribution in [0.4, 0.5) is 0 Å². The molecule has 2 aromatic carbocycles. The van der Waals surface area contributed by atoms with Crippen molar-refractivity contribution in [2.45, 2.75) is 38.7 Å². The van der Waals surface area contributed by atoms with Gasteiger partial charge in [0.05, 0.1) is 12.0 Å². The maximum atomic E-state index is 12.6. The topological polar surface area (TPSA) is 81.6 Å². The summed E-state index contributed by atoms with van der Waals surface area (Å²) in [4.78, 5) is 12.6. The van der Waals surface area contributed by atoms with Crippen molar-refractivity contribution in [2.75, 3.05) is 7.05 Å². The van der Waals surface area contributed by atoms with Crippen molar-refractivity contribution in [3.05, 3.63) is 48.0 Å². The summed E-state index contributed by atoms with van der Waals surface area (Å²) in [6.07, 6.45) is 1.04. The maximum Gasteiger partial charge on any atom is 0.475 e. The summed E-state index contributed by atoms with van der Waals surface area (Å²) in [5.74, 6) is -0.650. The van der Waals surface area contributed by atoms with Crippen molar-refractivity contribution in [1.29, 1.82) is 0 Å². The number of carbonyl (C=O) groups excluding carboxylic acids is 1. The molecule has 25 heavy (non-hydrogen) atoms. The van der Waals surface area contributed by atoms with Crippen LogP contribution in [-0.2, 0) is 11.2 Å². The SMILES string of the molecule is CN[C@@H](Cc1cccc2ccccc12)C(=O)N[C@@H](CC(C)C)B(O)O. The van der Waals surface area contributed by atoms with Crippen molar-refractivity contribution in [2.24, 2.45) is 5.92 Å². The molecule has 4 N–H and O–H groups in total. The molecular formula is C19H27BN2O3. The van der Waals surface area contributed by atoms with Crippen LogP contribution in [0.2, 0.25) is 0 Å². The first-order valence-electron chi connectivity index (χ1n) is 8.72. The van der Waals surface area contributed by atoms with Crippen molar-refractivity contribution in [1.82, 2.24) is 10.6 Å². The van der Waals surface area contributed by atoms with Crippen LogP contribution in [0, 0.1) is 5.92 Å². The summed E-state index contributed by atoms with van der Waals surface area (Å²) in [6.45, 7) is 3.96. The van der Waals surface area contributed by atoms with Gasteiger partial charge in [0.1, 0.15) is 0 Å². The second-order valence-corrected chi connectivity index (χ2v) is 6.84. The van der Waals surface area contributed by atoms with Gasteiger partial charge >= 0.3 is 7.12 Å². The van der Waals surface area contributed by atoms with Crippen LogP contribution in [0.1, 0.15) is 25.8 Å². The standard InChI is InChI=1S/C19H27BN2O3/c1-13(2)11-18(20(24)25)22-19(23)17(21-3)12-15-9-6-8-14-7-4-5-10-16(14)15/h4-10,13,17-18,21,24-25H,11-12H2,1-3H3,(H,22,23)/t17-,18-/m0/s1. The van der Waals surface area contributed by atoms with Crippen LogP contribution in [-0.4, -0.2) is 42.1 Å². The third-order valence-corrected chi connectivity index (χ3v) is 4.38. The van der Waals surface area contributed by atoms with Gasteiger partial charge in [0.15, 0.2) is 0 Å². The first kappa shape index (κ1) is 19.4. The molecule has 0 radical (unpaired) electrons. The molecule has 2 aromatic rings. The normalized spacial score (nSPS) is 13.7. The van der Waals surface area contributed by atoms with Crippen LogP contribution in [0.5, 0.6) is 0 Å². The first-order valence-corrected chi connectivity index (χ1v) is 8.72. The molecule has 0 aliphatic carbocycles. The summed E-state index contributed by atoms with van der Waals surface area (Å²) >= 11 is 0. The number of amides is 1. The minimum atomic E-state index is -1.57. The highest BCUT2D eigenvalue weighted by Crippen LogP contribution is 2.20. The van der Waals surface area contributed by atoms with Crippen molar-refractivity contribution in [3.63, 3.8) is 0 Å². The summed E-state index contributed by atoms with van der Waals surface area (Å²) < 4.78 is 0. The highest BCUT2D eigenvalue weighted by molar-refractivity contribution is 6.43. The number of hydrogen-bond donors (Lipinski definition) is 4. The van der Waals surface area contributed by atoms with Gasteiger partial charge in [-0.2, -0.15) is 0 Å². The fourth-order valence-electron chi connectivity index (χ4n) is 3.06. The number of benzene rings is 2. The molecule has 2 rings (SSSR count). The van der Waals surface area contributed by atoms with Gasteiger partial charge in [-0.25, -0.2) is 0 Å². The lowest BCUT2D eigenvalue weighted by Gasteiger charge is -2.23. The van der Waals surface area contributed by atoms with Crippen molar-refractivity contribution < 1.29 is 14.8 Å². The molecule has 134 valence electrons. The minimum absolute atomic E-state index is 0.228. The molecule has 0 aliphatic heterocycles. The monoisotopic (exact) mass is 342 g/mol. The number of nitrogens with one attached hydrogen (secondary N) is 2. The fraction of sp³-hybridized carbons (Fsp3) is 0.421. The lowest BCUT2D eigenvalue weighted by molar-refractivity contribution is -0.123. The molecule has 0 saturated carbocycles. The van der Waals surface area contributed by atoms with E-state index in [1.165, 1.54) is 0 Å². The summed E-state index contributed by atoms with van der Waals surface area (Å²) in [6, 6.07) is 13.7. The summed E-state index contributed by atoms with van der Waals surface area (Å²) in [5.41, 5.74) is 1.08. The van der Waals surface area contributed by atoms with E-state index in [0.29, 0.717) is 12.8 Å². The van der Waals surface area contributed by atoms with E-state index in [0.717, 1.165) is 16.3 Å². The smallest absolute Gasteiger partial charge is 0.426 e. The van der Waals surface area contributed by atoms with Gasteiger partial charge < -0.3 is 20.7 Å². The molecule has 0 aromatic heterocycles. The fourth-order valence-corrected chi connectivity index (χ4v) is 3.06. The molecular weight excluding hydrogens is 315 g/mol. The predicted octanol–water partition coefficient (Wildman–Crippen LogP) is 1.51. The Morgan fingerprint density at radius 3 is 2.44 bits per heavy atom. The Balaban J connectivity index is 2.14. The second-order valence-electron chi connectivity index (χ2n) is 6.84. The highest BCUT2D eigenvalue weighted by atomic mass is 16.4. The third kappa shape index (κ3) is 5.29. The van der Waals surface area contributed by atoms with Crippen LogP contribution >= 0.6 is 0 Å². The van der Waals surface area contributed by atoms with E-state index in [-0.39, 0.29) is 11.8 Å². The van der Waals surface area contributed by atoms with Gasteiger partial charge in [-0.3, -0.25) is 4.79 Å². The largest absolute Gasteiger partial charge is 0.475 e. The van der Waals surface area contributed by atoms with Gasteiger partial charge in [-0.15, -0.1) is 0 Å². The summed E-state index contributed by atoms with van der Waals surface area (Å²) in [7, 11) is 0.170. The quantitative estimate of drug-likeness (QED) is 0.548. The predicted molar refractivity (Wildman–Crippen MR) is 102 cm³/mol. The molecule has 1 amide bonds. The van der Waals surface area contributed by atoms with Crippen molar-refractivity contribution in [3.8, 4) is 0 Å². The Bertz CT molecular complexity index is 701. The van der Waals surface area contributed by atoms with Crippen LogP contribution in [0.3, 0.4) is 0 Å². The number of rotatable bonds is 8. The number of hydrogen-bond acceptors (Lipinski definition) is 4. The number of likely N-dealkylation sites (N-methyl/N-ethyl adjacent to an activating group) is 1. The van der Waals surface area contributed by atoms with Gasteiger partial charge in [0, 0.05) is 0 Å². The molecule has 0 fully saturated rings. The van der Waals surface area contributed by atoms with E-state index in [9.17, 15) is 14.8 Å². The van der Waals surface area contributed by atoms with Gasteiger partial charge in [0.2, 0.25) is 5.91 Å². The lowest BCUT2D eigenvalue weighted by Crippen LogP contribution is -2.53. The Morgan fingerprint density at radius 2 is 1.80 bits per heavy atom. The van der Waals surface area contributed by atoms with Crippen molar-refractivity contribution >= 4 is 23.8 Å². The van der Waals surface area contributed by atoms with E-state index in [4.69, 9.17) is 0 Å². The van der Waals surface area contributed by atoms with E-state index >= 15 is 0 Å². The maximum absolute atomic E-state index is 12.6. The van der Waals surface area contributed by atoms with E-state index in [2.05, 4.69) is 10.6 Å². The molecule has 0 heterocycles. The molecule has 0 saturated heterocycles. The molecule has 0 aliphatic rings. The molecule has 6 heteroatoms. The highest BCUT2D eigenvalue weighted by Gasteiger charge is 2.28. The minimum Gasteiger partial charge on any atom is -0.426 e. The van der Waals surface area contributed by atoms with E-state index < -0.39 is 19.1 Å². The third-order valence-electron chi connectivity index (χ3n) is 4.38. The van der Waals surface area contributed by atoms with Crippen LogP contribution in [0.15, 0.2) is 42.5 Å². The van der Waals surface area contributed by atoms with Crippen LogP contribution in [0.25, 0.3) is 10.8 Å². The molecule has 5 nitrogen and oxygen atoms in total. The second kappa shape index (κ2) is 8.99. The first-order chi connectivity index (χ1) is 11.9. The molecule has 2 atom stereocenters. The molecule has 0 unspecified atom stereocenters. The Morgan fingerprint density at radius 1 is 1.12 bits per heavy atom. The van der Waals surface area contributed by atoms with E-state index in [1.807, 2.05) is 56.3 Å². The number of fused-ring (bicyclic) bond motifs is 1. The van der Waals surface area contributed by atoms with Gasteiger partial charge in [-0.1, -0.05) is 56.3 Å². The van der Waals surface area contributed by atoms with Gasteiger partial charge in [-0.05, 0) is 42.1 Å². The zero-order valence-electron chi connectivity index (χ0n) is 15.1. The molecule has 0 bridgehead atoms. The number of carbonyl (C=O) groups is 1. The Labute approximate surface area is 149 Å². The zero-order valence-corrected chi connectivity index (χ0v) is 15.1. The zero-order chi connectivity index (χ0) is 18.4. The average molecular weight is 342 g/mol. The Kier molecular flexibility index (Phi) is 6.99.